The van der Waals surface area contributed by atoms with Gasteiger partial charge in [-0.25, -0.2) is 8.78 Å². The Kier molecular flexibility index (Phi) is 3.02. The highest BCUT2D eigenvalue weighted by Crippen LogP contribution is 2.10. The number of aliphatic hydroxyl groups is 1. The first-order chi connectivity index (χ1) is 6.05. The minimum absolute atomic E-state index is 0.466. The number of likely N-dealkylation sites (N-methyl/N-ethyl adjacent to an activating group) is 1. The molecule has 0 unspecified atom stereocenters. The van der Waals surface area contributed by atoms with E-state index in [0.29, 0.717) is 12.5 Å². The van der Waals surface area contributed by atoms with Gasteiger partial charge in [0.05, 0.1) is 13.1 Å². The molecule has 0 atom stereocenters. The van der Waals surface area contributed by atoms with Gasteiger partial charge in [0.15, 0.2) is 5.96 Å². The largest absolute Gasteiger partial charge is 0.390 e. The van der Waals surface area contributed by atoms with Crippen molar-refractivity contribution < 1.29 is 13.9 Å². The second kappa shape index (κ2) is 3.87. The van der Waals surface area contributed by atoms with E-state index in [2.05, 4.69) is 10.3 Å². The number of halogens is 2. The van der Waals surface area contributed by atoms with Crippen LogP contribution in [0.5, 0.6) is 0 Å². The Morgan fingerprint density at radius 1 is 1.69 bits per heavy atom. The summed E-state index contributed by atoms with van der Waals surface area (Å²) in [5.74, 6) is -2.61. The summed E-state index contributed by atoms with van der Waals surface area (Å²) in [5.41, 5.74) is 0. The van der Waals surface area contributed by atoms with Gasteiger partial charge in [0.2, 0.25) is 0 Å². The lowest BCUT2D eigenvalue weighted by molar-refractivity contribution is -0.0446. The quantitative estimate of drug-likeness (QED) is 0.635. The Balaban J connectivity index is 2.34. The summed E-state index contributed by atoms with van der Waals surface area (Å²) in [6.45, 7) is -0.347. The van der Waals surface area contributed by atoms with Gasteiger partial charge in [-0.05, 0) is 0 Å². The van der Waals surface area contributed by atoms with Crippen LogP contribution in [0.25, 0.3) is 0 Å². The molecule has 0 aromatic rings. The number of aliphatic hydroxyl groups excluding tert-OH is 1. The monoisotopic (exact) mass is 193 g/mol. The minimum Gasteiger partial charge on any atom is -0.390 e. The second-order valence-electron chi connectivity index (χ2n) is 2.99. The molecule has 1 heterocycles. The number of hydrogen-bond donors (Lipinski definition) is 2. The van der Waals surface area contributed by atoms with Crippen molar-refractivity contribution in [2.75, 3.05) is 33.3 Å². The van der Waals surface area contributed by atoms with Gasteiger partial charge in [-0.1, -0.05) is 0 Å². The van der Waals surface area contributed by atoms with Gasteiger partial charge >= 0.3 is 0 Å². The van der Waals surface area contributed by atoms with E-state index >= 15 is 0 Å². The molecule has 6 heteroatoms. The van der Waals surface area contributed by atoms with Crippen LogP contribution in [-0.4, -0.2) is 55.2 Å². The van der Waals surface area contributed by atoms with E-state index in [-0.39, 0.29) is 0 Å². The molecule has 0 radical (unpaired) electrons. The van der Waals surface area contributed by atoms with Crippen molar-refractivity contribution >= 4 is 5.96 Å². The van der Waals surface area contributed by atoms with Crippen molar-refractivity contribution in [2.24, 2.45) is 4.99 Å². The smallest absolute Gasteiger partial charge is 0.287 e. The van der Waals surface area contributed by atoms with Crippen LogP contribution in [-0.2, 0) is 0 Å². The Labute approximate surface area is 75.3 Å². The number of hydrogen-bond acceptors (Lipinski definition) is 4. The van der Waals surface area contributed by atoms with Crippen LogP contribution in [0.15, 0.2) is 4.99 Å². The maximum Gasteiger partial charge on any atom is 0.287 e. The zero-order chi connectivity index (χ0) is 9.90. The fourth-order valence-electron chi connectivity index (χ4n) is 0.988. The van der Waals surface area contributed by atoms with Crippen molar-refractivity contribution in [3.63, 3.8) is 0 Å². The van der Waals surface area contributed by atoms with Crippen LogP contribution in [0.2, 0.25) is 0 Å². The van der Waals surface area contributed by atoms with Crippen molar-refractivity contribution in [2.45, 2.75) is 5.92 Å². The molecule has 0 bridgehead atoms. The molecule has 13 heavy (non-hydrogen) atoms. The molecule has 76 valence electrons. The predicted molar refractivity (Wildman–Crippen MR) is 45.0 cm³/mol. The SMILES string of the molecule is CN1CCN=C1NCC(F)(F)CO. The summed E-state index contributed by atoms with van der Waals surface area (Å²) < 4.78 is 25.1. The lowest BCUT2D eigenvalue weighted by atomic mass is 10.3. The third-order valence-electron chi connectivity index (χ3n) is 1.80. The van der Waals surface area contributed by atoms with Crippen molar-refractivity contribution in [3.8, 4) is 0 Å². The molecule has 0 saturated carbocycles. The second-order valence-corrected chi connectivity index (χ2v) is 2.99. The zero-order valence-electron chi connectivity index (χ0n) is 7.43. The standard InChI is InChI=1S/C7H13F2N3O/c1-12-3-2-10-6(12)11-4-7(8,9)5-13/h13H,2-5H2,1H3,(H,10,11). The van der Waals surface area contributed by atoms with Crippen LogP contribution in [0.1, 0.15) is 0 Å². The Hall–Kier alpha value is -0.910. The average Bonchev–Trinajstić information content (AvgIpc) is 2.48. The highest BCUT2D eigenvalue weighted by molar-refractivity contribution is 5.81. The summed E-state index contributed by atoms with van der Waals surface area (Å²) in [7, 11) is 1.77. The summed E-state index contributed by atoms with van der Waals surface area (Å²) in [6, 6.07) is 0. The number of nitrogens with one attached hydrogen (secondary N) is 1. The number of guanidine groups is 1. The molecule has 0 amide bonds. The van der Waals surface area contributed by atoms with Crippen molar-refractivity contribution in [1.29, 1.82) is 0 Å². The normalized spacial score (nSPS) is 17.5. The van der Waals surface area contributed by atoms with Crippen LogP contribution in [0.4, 0.5) is 8.78 Å². The van der Waals surface area contributed by atoms with E-state index in [0.717, 1.165) is 6.54 Å². The van der Waals surface area contributed by atoms with Gasteiger partial charge in [-0.3, -0.25) is 4.99 Å². The fraction of sp³-hybridized carbons (Fsp3) is 0.857. The van der Waals surface area contributed by atoms with E-state index in [4.69, 9.17) is 5.11 Å². The number of alkyl halides is 2. The molecule has 4 nitrogen and oxygen atoms in total. The molecule has 0 aromatic carbocycles. The molecule has 2 N–H and O–H groups in total. The third-order valence-corrected chi connectivity index (χ3v) is 1.80. The lowest BCUT2D eigenvalue weighted by Crippen LogP contribution is -2.43. The topological polar surface area (TPSA) is 47.9 Å². The van der Waals surface area contributed by atoms with Gasteiger partial charge in [0.25, 0.3) is 5.92 Å². The average molecular weight is 193 g/mol. The van der Waals surface area contributed by atoms with Crippen molar-refractivity contribution in [3.05, 3.63) is 0 Å². The number of rotatable bonds is 3. The highest BCUT2D eigenvalue weighted by atomic mass is 19.3. The van der Waals surface area contributed by atoms with E-state index < -0.39 is 19.1 Å². The molecule has 0 saturated heterocycles. The number of aliphatic imine (C=N–C) groups is 1. The maximum atomic E-state index is 12.5. The van der Waals surface area contributed by atoms with Crippen LogP contribution in [0.3, 0.4) is 0 Å². The first-order valence-corrected chi connectivity index (χ1v) is 4.03. The molecule has 1 rings (SSSR count). The van der Waals surface area contributed by atoms with Gasteiger partial charge in [-0.2, -0.15) is 0 Å². The Morgan fingerprint density at radius 3 is 2.85 bits per heavy atom. The summed E-state index contributed by atoms with van der Waals surface area (Å²) in [6.07, 6.45) is 0. The lowest BCUT2D eigenvalue weighted by Gasteiger charge is -2.18. The first kappa shape index (κ1) is 10.2. The van der Waals surface area contributed by atoms with Crippen molar-refractivity contribution in [1.82, 2.24) is 10.2 Å². The molecule has 1 aliphatic rings. The molecule has 0 aromatic heterocycles. The van der Waals surface area contributed by atoms with Crippen LogP contribution in [0, 0.1) is 0 Å². The van der Waals surface area contributed by atoms with Crippen LogP contribution < -0.4 is 5.32 Å². The minimum atomic E-state index is -3.08. The summed E-state index contributed by atoms with van der Waals surface area (Å²) in [4.78, 5) is 5.73. The molecule has 0 spiro atoms. The highest BCUT2D eigenvalue weighted by Gasteiger charge is 2.28. The Morgan fingerprint density at radius 2 is 2.38 bits per heavy atom. The van der Waals surface area contributed by atoms with Crippen LogP contribution >= 0.6 is 0 Å². The van der Waals surface area contributed by atoms with Gasteiger partial charge in [0, 0.05) is 13.6 Å². The molecular weight excluding hydrogens is 180 g/mol. The molecular formula is C7H13F2N3O. The third kappa shape index (κ3) is 2.80. The fourth-order valence-corrected chi connectivity index (χ4v) is 0.988. The maximum absolute atomic E-state index is 12.5. The van der Waals surface area contributed by atoms with Gasteiger partial charge in [-0.15, -0.1) is 0 Å². The van der Waals surface area contributed by atoms with E-state index in [1.807, 2.05) is 0 Å². The Bertz CT molecular complexity index is 208. The molecule has 0 fully saturated rings. The summed E-state index contributed by atoms with van der Waals surface area (Å²) >= 11 is 0. The molecule has 1 aliphatic heterocycles. The van der Waals surface area contributed by atoms with E-state index in [9.17, 15) is 8.78 Å². The van der Waals surface area contributed by atoms with Gasteiger partial charge in [0.1, 0.15) is 6.61 Å². The predicted octanol–water partition coefficient (Wildman–Crippen LogP) is -0.495. The molecule has 0 aliphatic carbocycles. The summed E-state index contributed by atoms with van der Waals surface area (Å²) in [5, 5.41) is 10.8. The first-order valence-electron chi connectivity index (χ1n) is 4.03. The number of nitrogens with zero attached hydrogens (tertiary/aromatic N) is 2. The zero-order valence-corrected chi connectivity index (χ0v) is 7.43. The van der Waals surface area contributed by atoms with E-state index in [1.165, 1.54) is 0 Å². The van der Waals surface area contributed by atoms with Gasteiger partial charge < -0.3 is 15.3 Å². The van der Waals surface area contributed by atoms with E-state index in [1.54, 1.807) is 11.9 Å².